The number of phenolic OH excluding ortho intramolecular Hbond substituents is 1. The minimum absolute atomic E-state index is 0.0690. The molecule has 2 rings (SSSR count). The van der Waals surface area contributed by atoms with Gasteiger partial charge in [0.05, 0.1) is 10.0 Å². The van der Waals surface area contributed by atoms with Crippen LogP contribution in [0, 0.1) is 0 Å². The highest BCUT2D eigenvalue weighted by Crippen LogP contribution is 2.37. The van der Waals surface area contributed by atoms with E-state index >= 15 is 0 Å². The Morgan fingerprint density at radius 3 is 2.35 bits per heavy atom. The quantitative estimate of drug-likeness (QED) is 0.829. The van der Waals surface area contributed by atoms with Gasteiger partial charge in [0, 0.05) is 6.07 Å². The molecule has 0 radical (unpaired) electrons. The van der Waals surface area contributed by atoms with Crippen molar-refractivity contribution >= 4 is 34.8 Å². The molecule has 0 aliphatic rings. The van der Waals surface area contributed by atoms with Gasteiger partial charge in [-0.05, 0) is 24.3 Å². The molecule has 0 saturated carbocycles. The van der Waals surface area contributed by atoms with Crippen LogP contribution in [0.2, 0.25) is 15.1 Å². The molecule has 1 N–H and O–H groups in total. The smallest absolute Gasteiger partial charge is 0.147 e. The highest BCUT2D eigenvalue weighted by molar-refractivity contribution is 6.43. The fourth-order valence-electron chi connectivity index (χ4n) is 1.25. The van der Waals surface area contributed by atoms with Crippen molar-refractivity contribution in [2.75, 3.05) is 0 Å². The lowest BCUT2D eigenvalue weighted by atomic mass is 10.3. The zero-order valence-corrected chi connectivity index (χ0v) is 10.7. The van der Waals surface area contributed by atoms with Gasteiger partial charge in [-0.25, -0.2) is 0 Å². The van der Waals surface area contributed by atoms with E-state index in [-0.39, 0.29) is 5.75 Å². The third-order valence-corrected chi connectivity index (χ3v) is 3.15. The topological polar surface area (TPSA) is 29.5 Å². The molecule has 0 bridgehead atoms. The van der Waals surface area contributed by atoms with Crippen molar-refractivity contribution in [1.82, 2.24) is 0 Å². The molecule has 0 aliphatic carbocycles. The molecular weight excluding hydrogens is 282 g/mol. The second-order valence-electron chi connectivity index (χ2n) is 3.27. The Bertz CT molecular complexity index is 555. The largest absolute Gasteiger partial charge is 0.508 e. The van der Waals surface area contributed by atoms with E-state index in [1.54, 1.807) is 24.3 Å². The molecule has 0 fully saturated rings. The fraction of sp³-hybridized carbons (Fsp3) is 0. The minimum Gasteiger partial charge on any atom is -0.508 e. The van der Waals surface area contributed by atoms with Crippen LogP contribution in [0.5, 0.6) is 17.2 Å². The summed E-state index contributed by atoms with van der Waals surface area (Å²) in [6.07, 6.45) is 0. The first-order chi connectivity index (χ1) is 8.08. The molecule has 0 atom stereocenters. The van der Waals surface area contributed by atoms with Gasteiger partial charge in [-0.15, -0.1) is 0 Å². The molecule has 0 aromatic heterocycles. The molecule has 0 heterocycles. The van der Waals surface area contributed by atoms with Crippen LogP contribution in [0.4, 0.5) is 0 Å². The molecule has 2 aromatic rings. The highest BCUT2D eigenvalue weighted by Gasteiger charge is 2.09. The van der Waals surface area contributed by atoms with Gasteiger partial charge in [0.15, 0.2) is 0 Å². The van der Waals surface area contributed by atoms with Crippen LogP contribution in [0.25, 0.3) is 0 Å². The van der Waals surface area contributed by atoms with Crippen molar-refractivity contribution in [1.29, 1.82) is 0 Å². The Balaban J connectivity index is 2.35. The van der Waals surface area contributed by atoms with Crippen LogP contribution in [0.1, 0.15) is 0 Å². The van der Waals surface area contributed by atoms with Gasteiger partial charge in [-0.2, -0.15) is 0 Å². The number of rotatable bonds is 2. The maximum Gasteiger partial charge on any atom is 0.147 e. The van der Waals surface area contributed by atoms with Crippen LogP contribution < -0.4 is 4.74 Å². The second kappa shape index (κ2) is 5.05. The zero-order chi connectivity index (χ0) is 12.4. The molecule has 0 saturated heterocycles. The number of halogens is 3. The molecule has 0 amide bonds. The number of ether oxygens (including phenoxy) is 1. The summed E-state index contributed by atoms with van der Waals surface area (Å²) < 4.78 is 5.52. The molecular formula is C12H7Cl3O2. The average molecular weight is 290 g/mol. The molecule has 17 heavy (non-hydrogen) atoms. The van der Waals surface area contributed by atoms with Gasteiger partial charge in [-0.3, -0.25) is 0 Å². The van der Waals surface area contributed by atoms with E-state index in [4.69, 9.17) is 39.5 Å². The maximum atomic E-state index is 9.22. The van der Waals surface area contributed by atoms with Crippen LogP contribution in [-0.2, 0) is 0 Å². The highest BCUT2D eigenvalue weighted by atomic mass is 35.5. The van der Waals surface area contributed by atoms with Gasteiger partial charge in [-0.1, -0.05) is 40.9 Å². The fourth-order valence-corrected chi connectivity index (χ4v) is 1.80. The van der Waals surface area contributed by atoms with Gasteiger partial charge in [0.25, 0.3) is 0 Å². The number of phenols is 1. The number of hydrogen-bond acceptors (Lipinski definition) is 2. The molecule has 0 unspecified atom stereocenters. The third-order valence-electron chi connectivity index (χ3n) is 2.05. The average Bonchev–Trinajstić information content (AvgIpc) is 2.28. The summed E-state index contributed by atoms with van der Waals surface area (Å²) in [6.45, 7) is 0. The SMILES string of the molecule is Oc1ccc(Oc2cccc(Cl)c2Cl)c(Cl)c1. The van der Waals surface area contributed by atoms with Crippen molar-refractivity contribution in [2.24, 2.45) is 0 Å². The van der Waals surface area contributed by atoms with Crippen molar-refractivity contribution < 1.29 is 9.84 Å². The van der Waals surface area contributed by atoms with Crippen molar-refractivity contribution in [3.63, 3.8) is 0 Å². The van der Waals surface area contributed by atoms with E-state index < -0.39 is 0 Å². The number of benzene rings is 2. The van der Waals surface area contributed by atoms with Crippen LogP contribution >= 0.6 is 34.8 Å². The van der Waals surface area contributed by atoms with Crippen LogP contribution in [0.15, 0.2) is 36.4 Å². The molecule has 88 valence electrons. The number of hydrogen-bond donors (Lipinski definition) is 1. The molecule has 2 aromatic carbocycles. The Morgan fingerprint density at radius 1 is 0.882 bits per heavy atom. The molecule has 0 spiro atoms. The van der Waals surface area contributed by atoms with Gasteiger partial charge < -0.3 is 9.84 Å². The number of aromatic hydroxyl groups is 1. The summed E-state index contributed by atoms with van der Waals surface area (Å²) in [5.74, 6) is 0.875. The summed E-state index contributed by atoms with van der Waals surface area (Å²) in [5, 5.41) is 10.2. The molecule has 0 aliphatic heterocycles. The summed E-state index contributed by atoms with van der Waals surface area (Å²) in [5.41, 5.74) is 0. The van der Waals surface area contributed by atoms with Gasteiger partial charge in [0.1, 0.15) is 22.3 Å². The van der Waals surface area contributed by atoms with Crippen molar-refractivity contribution in [2.45, 2.75) is 0 Å². The third kappa shape index (κ3) is 2.78. The minimum atomic E-state index is 0.0690. The summed E-state index contributed by atoms with van der Waals surface area (Å²) in [6, 6.07) is 9.47. The lowest BCUT2D eigenvalue weighted by molar-refractivity contribution is 0.464. The predicted molar refractivity (Wildman–Crippen MR) is 69.7 cm³/mol. The lowest BCUT2D eigenvalue weighted by Crippen LogP contribution is -1.86. The normalized spacial score (nSPS) is 10.3. The standard InChI is InChI=1S/C12H7Cl3O2/c13-8-2-1-3-11(12(8)15)17-10-5-4-7(16)6-9(10)14/h1-6,16H. The van der Waals surface area contributed by atoms with E-state index in [0.717, 1.165) is 0 Å². The second-order valence-corrected chi connectivity index (χ2v) is 4.46. The Hall–Kier alpha value is -1.09. The summed E-state index contributed by atoms with van der Waals surface area (Å²) in [7, 11) is 0. The van der Waals surface area contributed by atoms with Crippen LogP contribution in [-0.4, -0.2) is 5.11 Å². The van der Waals surface area contributed by atoms with E-state index in [1.807, 2.05) is 0 Å². The molecule has 5 heteroatoms. The first-order valence-electron chi connectivity index (χ1n) is 4.68. The zero-order valence-electron chi connectivity index (χ0n) is 8.45. The van der Waals surface area contributed by atoms with E-state index in [1.165, 1.54) is 12.1 Å². The van der Waals surface area contributed by atoms with Gasteiger partial charge >= 0.3 is 0 Å². The lowest BCUT2D eigenvalue weighted by Gasteiger charge is -2.09. The Kier molecular flexibility index (Phi) is 3.67. The summed E-state index contributed by atoms with van der Waals surface area (Å²) >= 11 is 17.7. The van der Waals surface area contributed by atoms with Gasteiger partial charge in [0.2, 0.25) is 0 Å². The monoisotopic (exact) mass is 288 g/mol. The first kappa shape index (κ1) is 12.4. The van der Waals surface area contributed by atoms with E-state index in [9.17, 15) is 5.11 Å². The first-order valence-corrected chi connectivity index (χ1v) is 5.81. The maximum absolute atomic E-state index is 9.22. The van der Waals surface area contributed by atoms with Crippen molar-refractivity contribution in [3.8, 4) is 17.2 Å². The molecule has 2 nitrogen and oxygen atoms in total. The van der Waals surface area contributed by atoms with E-state index in [2.05, 4.69) is 0 Å². The Labute approximate surface area is 113 Å². The van der Waals surface area contributed by atoms with Crippen LogP contribution in [0.3, 0.4) is 0 Å². The predicted octanol–water partition coefficient (Wildman–Crippen LogP) is 5.14. The Morgan fingerprint density at radius 2 is 1.65 bits per heavy atom. The van der Waals surface area contributed by atoms with Crippen molar-refractivity contribution in [3.05, 3.63) is 51.5 Å². The summed E-state index contributed by atoms with van der Waals surface area (Å²) in [4.78, 5) is 0. The van der Waals surface area contributed by atoms with E-state index in [0.29, 0.717) is 26.6 Å².